The first-order valence-electron chi connectivity index (χ1n) is 10.1. The van der Waals surface area contributed by atoms with Crippen molar-refractivity contribution >= 4 is 29.0 Å². The molecular weight excluding hydrogens is 495 g/mol. The molecule has 0 radical (unpaired) electrons. The average molecular weight is 509 g/mol. The minimum Gasteiger partial charge on any atom is -0.312 e. The molecule has 4 aromatic rings. The molecule has 1 aromatic carbocycles. The summed E-state index contributed by atoms with van der Waals surface area (Å²) in [6.45, 7) is -1.35. The summed E-state index contributed by atoms with van der Waals surface area (Å²) in [6, 6.07) is 9.53. The molecule has 0 saturated carbocycles. The zero-order chi connectivity index (χ0) is 25.0. The van der Waals surface area contributed by atoms with E-state index in [-0.39, 0.29) is 22.0 Å². The number of carbonyl (C=O) groups is 1. The number of pyridine rings is 1. The summed E-state index contributed by atoms with van der Waals surface area (Å²) in [4.78, 5) is 21.0. The van der Waals surface area contributed by atoms with E-state index in [0.29, 0.717) is 16.9 Å². The van der Waals surface area contributed by atoms with E-state index in [1.807, 2.05) is 0 Å². The smallest absolute Gasteiger partial charge is 0.312 e. The predicted octanol–water partition coefficient (Wildman–Crippen LogP) is 5.61. The monoisotopic (exact) mass is 508 g/mol. The number of fused-ring (bicyclic) bond motifs is 1. The molecular formula is C22H14ClF5N6O. The summed E-state index contributed by atoms with van der Waals surface area (Å²) >= 11 is 6.15. The van der Waals surface area contributed by atoms with Gasteiger partial charge in [0.25, 0.3) is 5.92 Å². The summed E-state index contributed by atoms with van der Waals surface area (Å²) in [7, 11) is 0. The van der Waals surface area contributed by atoms with Gasteiger partial charge in [-0.3, -0.25) is 4.98 Å². The summed E-state index contributed by atoms with van der Waals surface area (Å²) in [5.74, 6) is -2.90. The molecule has 2 amide bonds. The maximum atomic E-state index is 13.4. The molecule has 4 heterocycles. The number of aromatic nitrogens is 4. The Labute approximate surface area is 199 Å². The fourth-order valence-electron chi connectivity index (χ4n) is 3.63. The second-order valence-electron chi connectivity index (χ2n) is 7.88. The zero-order valence-electron chi connectivity index (χ0n) is 17.5. The molecule has 0 spiro atoms. The number of rotatable bonds is 3. The van der Waals surface area contributed by atoms with Gasteiger partial charge in [-0.2, -0.15) is 18.3 Å². The lowest BCUT2D eigenvalue weighted by Crippen LogP contribution is -2.59. The Morgan fingerprint density at radius 2 is 1.86 bits per heavy atom. The van der Waals surface area contributed by atoms with Crippen LogP contribution in [0, 0.1) is 0 Å². The third-order valence-corrected chi connectivity index (χ3v) is 5.64. The van der Waals surface area contributed by atoms with Gasteiger partial charge < -0.3 is 10.2 Å². The highest BCUT2D eigenvalue weighted by Crippen LogP contribution is 2.35. The van der Waals surface area contributed by atoms with Crippen LogP contribution in [0.3, 0.4) is 0 Å². The Balaban J connectivity index is 1.45. The van der Waals surface area contributed by atoms with E-state index >= 15 is 0 Å². The molecule has 3 aromatic heterocycles. The van der Waals surface area contributed by atoms with E-state index in [9.17, 15) is 26.7 Å². The molecule has 13 heteroatoms. The van der Waals surface area contributed by atoms with E-state index in [1.54, 1.807) is 6.07 Å². The summed E-state index contributed by atoms with van der Waals surface area (Å²) in [5, 5.41) is 6.94. The van der Waals surface area contributed by atoms with Gasteiger partial charge in [-0.15, -0.1) is 0 Å². The number of hydrogen-bond donors (Lipinski definition) is 1. The standard InChI is InChI=1S/C22H14ClF5N6O/c23-14-4-3-12(8-16(14)31-20(35)33-10-21(24,25)11-33)17-9-34-18(30-17)6-5-15(32-34)13-2-1-7-29-19(13)22(26,27)28/h1-9H,10-11H2,(H,31,35). The molecule has 7 nitrogen and oxygen atoms in total. The SMILES string of the molecule is O=C(Nc1cc(-c2cn3nc(-c4cccnc4C(F)(F)F)ccc3n2)ccc1Cl)N1CC(F)(F)C1. The van der Waals surface area contributed by atoms with Crippen LogP contribution in [0.5, 0.6) is 0 Å². The van der Waals surface area contributed by atoms with E-state index in [0.717, 1.165) is 11.1 Å². The minimum atomic E-state index is -4.65. The molecule has 1 aliphatic heterocycles. The second kappa shape index (κ2) is 8.15. The molecule has 1 fully saturated rings. The fraction of sp³-hybridized carbons (Fsp3) is 0.182. The number of benzene rings is 1. The normalized spacial score (nSPS) is 15.2. The average Bonchev–Trinajstić information content (AvgIpc) is 3.21. The van der Waals surface area contributed by atoms with E-state index in [4.69, 9.17) is 11.6 Å². The van der Waals surface area contributed by atoms with Gasteiger partial charge in [-0.25, -0.2) is 23.1 Å². The van der Waals surface area contributed by atoms with Gasteiger partial charge >= 0.3 is 12.2 Å². The van der Waals surface area contributed by atoms with Crippen LogP contribution in [0.2, 0.25) is 5.02 Å². The minimum absolute atomic E-state index is 0.0530. The highest BCUT2D eigenvalue weighted by atomic mass is 35.5. The van der Waals surface area contributed by atoms with Gasteiger partial charge in [0, 0.05) is 17.3 Å². The Morgan fingerprint density at radius 3 is 2.57 bits per heavy atom. The Hall–Kier alpha value is -3.80. The van der Waals surface area contributed by atoms with Gasteiger partial charge in [0.05, 0.1) is 41.4 Å². The zero-order valence-corrected chi connectivity index (χ0v) is 18.3. The van der Waals surface area contributed by atoms with E-state index in [1.165, 1.54) is 47.1 Å². The van der Waals surface area contributed by atoms with E-state index < -0.39 is 36.9 Å². The molecule has 5 rings (SSSR count). The number of likely N-dealkylation sites (tertiary alicyclic amines) is 1. The summed E-state index contributed by atoms with van der Waals surface area (Å²) in [5.41, 5.74) is 0.306. The third-order valence-electron chi connectivity index (χ3n) is 5.31. The highest BCUT2D eigenvalue weighted by molar-refractivity contribution is 6.33. The molecule has 180 valence electrons. The number of urea groups is 1. The van der Waals surface area contributed by atoms with Crippen LogP contribution in [-0.2, 0) is 6.18 Å². The first-order valence-corrected chi connectivity index (χ1v) is 10.5. The van der Waals surface area contributed by atoms with Gasteiger partial charge in [0.15, 0.2) is 11.3 Å². The maximum absolute atomic E-state index is 13.4. The molecule has 1 N–H and O–H groups in total. The Bertz CT molecular complexity index is 1450. The van der Waals surface area contributed by atoms with Crippen molar-refractivity contribution in [1.82, 2.24) is 24.5 Å². The van der Waals surface area contributed by atoms with Crippen molar-refractivity contribution in [2.45, 2.75) is 12.1 Å². The maximum Gasteiger partial charge on any atom is 0.434 e. The van der Waals surface area contributed by atoms with Gasteiger partial charge in [0.2, 0.25) is 0 Å². The summed E-state index contributed by atoms with van der Waals surface area (Å²) < 4.78 is 67.5. The molecule has 0 unspecified atom stereocenters. The molecule has 0 atom stereocenters. The number of hydrogen-bond acceptors (Lipinski definition) is 4. The Morgan fingerprint density at radius 1 is 1.09 bits per heavy atom. The predicted molar refractivity (Wildman–Crippen MR) is 117 cm³/mol. The lowest BCUT2D eigenvalue weighted by molar-refractivity contribution is -0.140. The number of nitrogens with zero attached hydrogens (tertiary/aromatic N) is 5. The number of anilines is 1. The quantitative estimate of drug-likeness (QED) is 0.365. The molecule has 0 bridgehead atoms. The van der Waals surface area contributed by atoms with Gasteiger partial charge in [-0.05, 0) is 36.4 Å². The third kappa shape index (κ3) is 4.48. The molecule has 35 heavy (non-hydrogen) atoms. The van der Waals surface area contributed by atoms with Crippen molar-refractivity contribution in [3.8, 4) is 22.5 Å². The number of amides is 2. The van der Waals surface area contributed by atoms with Crippen molar-refractivity contribution < 1.29 is 26.7 Å². The van der Waals surface area contributed by atoms with Crippen LogP contribution in [0.15, 0.2) is 54.9 Å². The Kier molecular flexibility index (Phi) is 5.35. The van der Waals surface area contributed by atoms with Gasteiger partial charge in [-0.1, -0.05) is 17.7 Å². The summed E-state index contributed by atoms with van der Waals surface area (Å²) in [6.07, 6.45) is -2.08. The van der Waals surface area contributed by atoms with Crippen molar-refractivity contribution in [2.24, 2.45) is 0 Å². The van der Waals surface area contributed by atoms with Crippen molar-refractivity contribution in [3.05, 3.63) is 65.6 Å². The van der Waals surface area contributed by atoms with Crippen molar-refractivity contribution in [3.63, 3.8) is 0 Å². The van der Waals surface area contributed by atoms with Crippen LogP contribution in [0.4, 0.5) is 32.4 Å². The molecule has 0 aliphatic carbocycles. The van der Waals surface area contributed by atoms with E-state index in [2.05, 4.69) is 20.4 Å². The topological polar surface area (TPSA) is 75.4 Å². The van der Waals surface area contributed by atoms with Crippen molar-refractivity contribution in [1.29, 1.82) is 0 Å². The highest BCUT2D eigenvalue weighted by Gasteiger charge is 2.46. The number of alkyl halides is 5. The van der Waals surface area contributed by atoms with Crippen LogP contribution >= 0.6 is 11.6 Å². The van der Waals surface area contributed by atoms with Crippen LogP contribution in [0.1, 0.15) is 5.69 Å². The lowest BCUT2D eigenvalue weighted by atomic mass is 10.1. The van der Waals surface area contributed by atoms with Crippen LogP contribution < -0.4 is 5.32 Å². The van der Waals surface area contributed by atoms with Gasteiger partial charge in [0.1, 0.15) is 0 Å². The number of halogens is 6. The first kappa shape index (κ1) is 23.0. The number of carbonyl (C=O) groups excluding carboxylic acids is 1. The fourth-order valence-corrected chi connectivity index (χ4v) is 3.80. The lowest BCUT2D eigenvalue weighted by Gasteiger charge is -2.38. The second-order valence-corrected chi connectivity index (χ2v) is 8.29. The van der Waals surface area contributed by atoms with Crippen LogP contribution in [-0.4, -0.2) is 49.5 Å². The molecule has 1 aliphatic rings. The number of nitrogens with one attached hydrogen (secondary N) is 1. The first-order chi connectivity index (χ1) is 16.5. The number of imidazole rings is 1. The largest absolute Gasteiger partial charge is 0.434 e. The molecule has 1 saturated heterocycles. The van der Waals surface area contributed by atoms with Crippen molar-refractivity contribution in [2.75, 3.05) is 18.4 Å². The van der Waals surface area contributed by atoms with Crippen LogP contribution in [0.25, 0.3) is 28.2 Å².